The van der Waals surface area contributed by atoms with Crippen molar-refractivity contribution < 1.29 is 17.7 Å². The summed E-state index contributed by atoms with van der Waals surface area (Å²) in [5.41, 5.74) is 0.646. The molecule has 0 radical (unpaired) electrons. The molecule has 156 valence electrons. The van der Waals surface area contributed by atoms with Gasteiger partial charge < -0.3 is 4.90 Å². The molecule has 10 heteroatoms. The first kappa shape index (κ1) is 21.3. The molecule has 1 aliphatic heterocycles. The number of sulfonamides is 1. The molecule has 1 N–H and O–H groups in total. The summed E-state index contributed by atoms with van der Waals surface area (Å²) < 4.78 is 41.3. The van der Waals surface area contributed by atoms with Crippen molar-refractivity contribution in [3.63, 3.8) is 0 Å². The van der Waals surface area contributed by atoms with Crippen LogP contribution in [-0.2, 0) is 10.0 Å². The molecule has 0 bridgehead atoms. The Labute approximate surface area is 169 Å². The molecular weight excluding hydrogens is 399 g/mol. The van der Waals surface area contributed by atoms with E-state index in [-0.39, 0.29) is 29.0 Å². The van der Waals surface area contributed by atoms with E-state index in [1.165, 1.54) is 24.3 Å². The van der Waals surface area contributed by atoms with Crippen molar-refractivity contribution in [1.29, 1.82) is 0 Å². The van der Waals surface area contributed by atoms with Gasteiger partial charge >= 0.3 is 0 Å². The Balaban J connectivity index is 1.78. The maximum Gasteiger partial charge on any atom is 0.269 e. The first-order valence-corrected chi connectivity index (χ1v) is 10.7. The molecule has 8 nitrogen and oxygen atoms in total. The molecule has 0 spiro atoms. The molecule has 1 heterocycles. The van der Waals surface area contributed by atoms with Crippen LogP contribution in [0.25, 0.3) is 0 Å². The van der Waals surface area contributed by atoms with E-state index >= 15 is 0 Å². The number of rotatable bonds is 7. The van der Waals surface area contributed by atoms with Gasteiger partial charge in [0, 0.05) is 50.9 Å². The van der Waals surface area contributed by atoms with Gasteiger partial charge in [0.05, 0.1) is 9.82 Å². The van der Waals surface area contributed by atoms with Crippen molar-refractivity contribution in [3.05, 3.63) is 70.0 Å². The standard InChI is InChI=1S/C19H23FN4O4S/c1-22-10-12-23(13-11-22)19(15-2-4-16(20)5-3-15)14-21-29(27,28)18-8-6-17(7-9-18)24(25)26/h2-9,19,21H,10-14H2,1H3/t19-/m0/s1. The SMILES string of the molecule is CN1CCN([C@@H](CNS(=O)(=O)c2ccc([N+](=O)[O-])cc2)c2ccc(F)cc2)CC1. The lowest BCUT2D eigenvalue weighted by atomic mass is 10.0. The maximum atomic E-state index is 13.3. The van der Waals surface area contributed by atoms with Crippen molar-refractivity contribution in [3.8, 4) is 0 Å². The van der Waals surface area contributed by atoms with Gasteiger partial charge in [-0.2, -0.15) is 0 Å². The molecule has 1 atom stereocenters. The van der Waals surface area contributed by atoms with Gasteiger partial charge in [-0.3, -0.25) is 15.0 Å². The number of nitrogens with zero attached hydrogens (tertiary/aromatic N) is 3. The molecule has 0 aliphatic carbocycles. The number of benzene rings is 2. The Kier molecular flexibility index (Phi) is 6.58. The molecule has 0 unspecified atom stereocenters. The Morgan fingerprint density at radius 2 is 1.66 bits per heavy atom. The van der Waals surface area contributed by atoms with Crippen LogP contribution in [0, 0.1) is 15.9 Å². The fourth-order valence-corrected chi connectivity index (χ4v) is 4.33. The molecule has 1 aliphatic rings. The highest BCUT2D eigenvalue weighted by Gasteiger charge is 2.26. The fraction of sp³-hybridized carbons (Fsp3) is 0.368. The van der Waals surface area contributed by atoms with Crippen LogP contribution in [-0.4, -0.2) is 62.9 Å². The average Bonchev–Trinajstić information content (AvgIpc) is 2.70. The molecule has 1 fully saturated rings. The summed E-state index contributed by atoms with van der Waals surface area (Å²) in [7, 11) is -1.82. The normalized spacial score (nSPS) is 17.2. The first-order chi connectivity index (χ1) is 13.8. The van der Waals surface area contributed by atoms with Crippen molar-refractivity contribution in [2.24, 2.45) is 0 Å². The number of non-ortho nitro benzene ring substituents is 1. The number of hydrogen-bond acceptors (Lipinski definition) is 6. The Hall–Kier alpha value is -2.40. The topological polar surface area (TPSA) is 95.8 Å². The zero-order valence-corrected chi connectivity index (χ0v) is 16.8. The predicted molar refractivity (Wildman–Crippen MR) is 106 cm³/mol. The minimum Gasteiger partial charge on any atom is -0.304 e. The van der Waals surface area contributed by atoms with Crippen molar-refractivity contribution in [2.75, 3.05) is 39.8 Å². The van der Waals surface area contributed by atoms with E-state index in [1.807, 2.05) is 7.05 Å². The molecule has 29 heavy (non-hydrogen) atoms. The molecule has 3 rings (SSSR count). The van der Waals surface area contributed by atoms with E-state index in [0.29, 0.717) is 0 Å². The minimum atomic E-state index is -3.85. The highest BCUT2D eigenvalue weighted by molar-refractivity contribution is 7.89. The number of halogens is 1. The van der Waals surface area contributed by atoms with Crippen molar-refractivity contribution in [2.45, 2.75) is 10.9 Å². The number of hydrogen-bond donors (Lipinski definition) is 1. The summed E-state index contributed by atoms with van der Waals surface area (Å²) >= 11 is 0. The summed E-state index contributed by atoms with van der Waals surface area (Å²) in [6, 6.07) is 10.5. The van der Waals surface area contributed by atoms with E-state index in [1.54, 1.807) is 12.1 Å². The minimum absolute atomic E-state index is 0.0423. The van der Waals surface area contributed by atoms with Crippen LogP contribution in [0.2, 0.25) is 0 Å². The molecule has 0 aromatic heterocycles. The van der Waals surface area contributed by atoms with Crippen LogP contribution >= 0.6 is 0 Å². The third-order valence-electron chi connectivity index (χ3n) is 5.06. The second kappa shape index (κ2) is 8.95. The molecule has 2 aromatic carbocycles. The van der Waals surface area contributed by atoms with E-state index in [2.05, 4.69) is 14.5 Å². The van der Waals surface area contributed by atoms with Crippen molar-refractivity contribution in [1.82, 2.24) is 14.5 Å². The molecule has 0 amide bonds. The van der Waals surface area contributed by atoms with E-state index in [4.69, 9.17) is 0 Å². The number of nitrogens with one attached hydrogen (secondary N) is 1. The van der Waals surface area contributed by atoms with Gasteiger partial charge in [0.2, 0.25) is 10.0 Å². The predicted octanol–water partition coefficient (Wildman–Crippen LogP) is 2.00. The van der Waals surface area contributed by atoms with Crippen LogP contribution in [0.5, 0.6) is 0 Å². The highest BCUT2D eigenvalue weighted by atomic mass is 32.2. The smallest absolute Gasteiger partial charge is 0.269 e. The molecular formula is C19H23FN4O4S. The van der Waals surface area contributed by atoms with E-state index < -0.39 is 14.9 Å². The van der Waals surface area contributed by atoms with Crippen LogP contribution < -0.4 is 4.72 Å². The third-order valence-corrected chi connectivity index (χ3v) is 6.50. The quantitative estimate of drug-likeness (QED) is 0.542. The largest absolute Gasteiger partial charge is 0.304 e. The Morgan fingerprint density at radius 1 is 1.07 bits per heavy atom. The summed E-state index contributed by atoms with van der Waals surface area (Å²) in [5, 5.41) is 10.8. The Morgan fingerprint density at radius 3 is 2.21 bits per heavy atom. The summed E-state index contributed by atoms with van der Waals surface area (Å²) in [6.45, 7) is 3.34. The van der Waals surface area contributed by atoms with Gasteiger partial charge in [-0.25, -0.2) is 17.5 Å². The molecule has 2 aromatic rings. The summed E-state index contributed by atoms with van der Waals surface area (Å²) in [5.74, 6) is -0.350. The first-order valence-electron chi connectivity index (χ1n) is 9.18. The third kappa shape index (κ3) is 5.36. The van der Waals surface area contributed by atoms with Crippen molar-refractivity contribution >= 4 is 15.7 Å². The molecule has 0 saturated carbocycles. The zero-order chi connectivity index (χ0) is 21.0. The van der Waals surface area contributed by atoms with Crippen LogP contribution in [0.1, 0.15) is 11.6 Å². The van der Waals surface area contributed by atoms with Gasteiger partial charge in [0.1, 0.15) is 5.82 Å². The van der Waals surface area contributed by atoms with Gasteiger partial charge in [0.15, 0.2) is 0 Å². The highest BCUT2D eigenvalue weighted by Crippen LogP contribution is 2.23. The maximum absolute atomic E-state index is 13.3. The summed E-state index contributed by atoms with van der Waals surface area (Å²) in [4.78, 5) is 14.5. The van der Waals surface area contributed by atoms with E-state index in [9.17, 15) is 22.9 Å². The lowest BCUT2D eigenvalue weighted by Crippen LogP contribution is -2.48. The number of likely N-dealkylation sites (N-methyl/N-ethyl adjacent to an activating group) is 1. The van der Waals surface area contributed by atoms with Crippen LogP contribution in [0.15, 0.2) is 53.4 Å². The van der Waals surface area contributed by atoms with E-state index in [0.717, 1.165) is 43.9 Å². The van der Waals surface area contributed by atoms with Crippen LogP contribution in [0.3, 0.4) is 0 Å². The van der Waals surface area contributed by atoms with Gasteiger partial charge in [0.25, 0.3) is 5.69 Å². The van der Waals surface area contributed by atoms with Crippen LogP contribution in [0.4, 0.5) is 10.1 Å². The fourth-order valence-electron chi connectivity index (χ4n) is 3.30. The number of nitro groups is 1. The van der Waals surface area contributed by atoms with Gasteiger partial charge in [-0.15, -0.1) is 0 Å². The zero-order valence-electron chi connectivity index (χ0n) is 16.0. The lowest BCUT2D eigenvalue weighted by Gasteiger charge is -2.38. The second-order valence-corrected chi connectivity index (χ2v) is 8.78. The van der Waals surface area contributed by atoms with Gasteiger partial charge in [-0.05, 0) is 36.9 Å². The number of nitro benzene ring substituents is 1. The Bertz CT molecular complexity index is 943. The summed E-state index contributed by atoms with van der Waals surface area (Å²) in [6.07, 6.45) is 0. The van der Waals surface area contributed by atoms with Gasteiger partial charge in [-0.1, -0.05) is 12.1 Å². The lowest BCUT2D eigenvalue weighted by molar-refractivity contribution is -0.384. The average molecular weight is 422 g/mol. The molecule has 1 saturated heterocycles. The second-order valence-electron chi connectivity index (χ2n) is 7.01. The monoisotopic (exact) mass is 422 g/mol. The number of piperazine rings is 1.